The third-order valence-corrected chi connectivity index (χ3v) is 4.02. The fourth-order valence-corrected chi connectivity index (χ4v) is 2.87. The second kappa shape index (κ2) is 5.99. The van der Waals surface area contributed by atoms with Gasteiger partial charge in [-0.15, -0.1) is 0 Å². The Hall–Kier alpha value is -2.04. The number of carbonyl (C=O) groups excluding carboxylic acids is 1. The monoisotopic (exact) mass is 316 g/mol. The van der Waals surface area contributed by atoms with Crippen molar-refractivity contribution >= 4 is 29.0 Å². The first-order valence-corrected chi connectivity index (χ1v) is 7.55. The van der Waals surface area contributed by atoms with Gasteiger partial charge in [0.05, 0.1) is 11.8 Å². The molecule has 2 amide bonds. The Bertz CT molecular complexity index is 718. The molecule has 0 saturated carbocycles. The summed E-state index contributed by atoms with van der Waals surface area (Å²) in [5.41, 5.74) is 3.27. The molecule has 4 nitrogen and oxygen atoms in total. The van der Waals surface area contributed by atoms with E-state index in [1.165, 1.54) is 0 Å². The van der Waals surface area contributed by atoms with Crippen LogP contribution in [0.2, 0.25) is 5.02 Å². The number of halogens is 1. The Balaban J connectivity index is 1.86. The van der Waals surface area contributed by atoms with Crippen LogP contribution in [-0.4, -0.2) is 17.7 Å². The highest BCUT2D eigenvalue weighted by Crippen LogP contribution is 2.34. The lowest BCUT2D eigenvalue weighted by atomic mass is 9.97. The van der Waals surface area contributed by atoms with Gasteiger partial charge in [0.2, 0.25) is 0 Å². The Labute approximate surface area is 134 Å². The van der Waals surface area contributed by atoms with Crippen LogP contribution in [0.3, 0.4) is 0 Å². The number of benzene rings is 2. The second-order valence-electron chi connectivity index (χ2n) is 5.46. The maximum absolute atomic E-state index is 12.5. The van der Waals surface area contributed by atoms with E-state index in [4.69, 9.17) is 11.6 Å². The minimum atomic E-state index is -0.523. The minimum Gasteiger partial charge on any atom is -0.388 e. The van der Waals surface area contributed by atoms with Crippen LogP contribution in [-0.2, 0) is 0 Å². The number of amides is 2. The summed E-state index contributed by atoms with van der Waals surface area (Å²) >= 11 is 5.93. The van der Waals surface area contributed by atoms with Crippen LogP contribution >= 0.6 is 11.6 Å². The molecule has 0 saturated heterocycles. The van der Waals surface area contributed by atoms with E-state index in [0.717, 1.165) is 16.8 Å². The van der Waals surface area contributed by atoms with Gasteiger partial charge >= 0.3 is 6.03 Å². The molecule has 1 aliphatic heterocycles. The molecule has 0 aliphatic carbocycles. The predicted octanol–water partition coefficient (Wildman–Crippen LogP) is 4.12. The molecule has 0 bridgehead atoms. The van der Waals surface area contributed by atoms with E-state index in [2.05, 4.69) is 5.32 Å². The number of fused-ring (bicyclic) bond motifs is 1. The average Bonchev–Trinajstić information content (AvgIpc) is 2.48. The van der Waals surface area contributed by atoms with Crippen LogP contribution in [0.5, 0.6) is 0 Å². The Morgan fingerprint density at radius 2 is 2.14 bits per heavy atom. The van der Waals surface area contributed by atoms with Crippen molar-refractivity contribution in [2.75, 3.05) is 16.8 Å². The Morgan fingerprint density at radius 1 is 1.32 bits per heavy atom. The van der Waals surface area contributed by atoms with Gasteiger partial charge in [0, 0.05) is 22.8 Å². The minimum absolute atomic E-state index is 0.223. The fourth-order valence-electron chi connectivity index (χ4n) is 2.68. The summed E-state index contributed by atoms with van der Waals surface area (Å²) in [7, 11) is 0. The molecule has 1 atom stereocenters. The number of rotatable bonds is 1. The third kappa shape index (κ3) is 2.93. The highest BCUT2D eigenvalue weighted by Gasteiger charge is 2.27. The van der Waals surface area contributed by atoms with Crippen molar-refractivity contribution in [2.45, 2.75) is 19.4 Å². The van der Waals surface area contributed by atoms with Gasteiger partial charge in [0.25, 0.3) is 0 Å². The molecular formula is C17H17ClN2O2. The number of aryl methyl sites for hydroxylation is 1. The molecule has 2 aromatic carbocycles. The molecule has 1 heterocycles. The number of aliphatic hydroxyl groups is 1. The van der Waals surface area contributed by atoms with Crippen LogP contribution in [0.15, 0.2) is 42.5 Å². The van der Waals surface area contributed by atoms with Crippen LogP contribution in [0.4, 0.5) is 16.2 Å². The largest absolute Gasteiger partial charge is 0.388 e. The lowest BCUT2D eigenvalue weighted by Crippen LogP contribution is -2.39. The van der Waals surface area contributed by atoms with Gasteiger partial charge in [-0.25, -0.2) is 4.79 Å². The van der Waals surface area contributed by atoms with E-state index in [1.807, 2.05) is 25.1 Å². The highest BCUT2D eigenvalue weighted by atomic mass is 35.5. The average molecular weight is 317 g/mol. The molecule has 2 N–H and O–H groups in total. The smallest absolute Gasteiger partial charge is 0.326 e. The summed E-state index contributed by atoms with van der Waals surface area (Å²) in [6.07, 6.45) is 0.00416. The van der Waals surface area contributed by atoms with Crippen molar-refractivity contribution in [2.24, 2.45) is 0 Å². The van der Waals surface area contributed by atoms with Crippen LogP contribution in [0.1, 0.15) is 23.7 Å². The highest BCUT2D eigenvalue weighted by molar-refractivity contribution is 6.30. The number of nitrogens with one attached hydrogen (secondary N) is 1. The predicted molar refractivity (Wildman–Crippen MR) is 88.6 cm³/mol. The van der Waals surface area contributed by atoms with Gasteiger partial charge in [-0.2, -0.15) is 0 Å². The zero-order valence-electron chi connectivity index (χ0n) is 12.2. The van der Waals surface area contributed by atoms with Gasteiger partial charge in [-0.1, -0.05) is 35.4 Å². The second-order valence-corrected chi connectivity index (χ2v) is 5.90. The van der Waals surface area contributed by atoms with E-state index >= 15 is 0 Å². The van der Waals surface area contributed by atoms with Crippen molar-refractivity contribution in [1.29, 1.82) is 0 Å². The SMILES string of the molecule is Cc1ccc2c(c1)C(O)CCN2C(=O)Nc1cccc(Cl)c1. The summed E-state index contributed by atoms with van der Waals surface area (Å²) < 4.78 is 0. The first-order chi connectivity index (χ1) is 10.5. The molecule has 1 unspecified atom stereocenters. The van der Waals surface area contributed by atoms with E-state index < -0.39 is 6.10 Å². The quantitative estimate of drug-likeness (QED) is 0.831. The molecule has 1 aliphatic rings. The number of nitrogens with zero attached hydrogens (tertiary/aromatic N) is 1. The first kappa shape index (κ1) is 14.9. The molecule has 114 valence electrons. The van der Waals surface area contributed by atoms with Crippen molar-refractivity contribution < 1.29 is 9.90 Å². The summed E-state index contributed by atoms with van der Waals surface area (Å²) in [5.74, 6) is 0. The van der Waals surface area contributed by atoms with Gasteiger partial charge < -0.3 is 10.4 Å². The topological polar surface area (TPSA) is 52.6 Å². The maximum atomic E-state index is 12.5. The Morgan fingerprint density at radius 3 is 2.91 bits per heavy atom. The van der Waals surface area contributed by atoms with Gasteiger partial charge in [0.1, 0.15) is 0 Å². The van der Waals surface area contributed by atoms with Crippen LogP contribution in [0.25, 0.3) is 0 Å². The first-order valence-electron chi connectivity index (χ1n) is 7.17. The molecule has 3 rings (SSSR count). The standard InChI is InChI=1S/C17H17ClN2O2/c1-11-5-6-15-14(9-11)16(21)7-8-20(15)17(22)19-13-4-2-3-12(18)10-13/h2-6,9-10,16,21H,7-8H2,1H3,(H,19,22). The van der Waals surface area contributed by atoms with Crippen molar-refractivity contribution in [3.8, 4) is 0 Å². The number of aliphatic hydroxyl groups excluding tert-OH is 1. The summed E-state index contributed by atoms with van der Waals surface area (Å²) in [5, 5.41) is 13.6. The lowest BCUT2D eigenvalue weighted by Gasteiger charge is -2.32. The van der Waals surface area contributed by atoms with E-state index in [-0.39, 0.29) is 6.03 Å². The summed E-state index contributed by atoms with van der Waals surface area (Å²) in [6.45, 7) is 2.45. The molecule has 0 fully saturated rings. The van der Waals surface area contributed by atoms with Crippen molar-refractivity contribution in [3.63, 3.8) is 0 Å². The molecule has 2 aromatic rings. The van der Waals surface area contributed by atoms with Crippen molar-refractivity contribution in [3.05, 3.63) is 58.6 Å². The summed E-state index contributed by atoms with van der Waals surface area (Å²) in [6, 6.07) is 12.6. The van der Waals surface area contributed by atoms with Gasteiger partial charge in [-0.05, 0) is 37.6 Å². The molecule has 0 spiro atoms. The number of hydrogen-bond donors (Lipinski definition) is 2. The normalized spacial score (nSPS) is 17.0. The van der Waals surface area contributed by atoms with Gasteiger partial charge in [0.15, 0.2) is 0 Å². The molecular weight excluding hydrogens is 300 g/mol. The number of hydrogen-bond acceptors (Lipinski definition) is 2. The number of anilines is 2. The molecule has 22 heavy (non-hydrogen) atoms. The van der Waals surface area contributed by atoms with E-state index in [0.29, 0.717) is 23.7 Å². The summed E-state index contributed by atoms with van der Waals surface area (Å²) in [4.78, 5) is 14.2. The van der Waals surface area contributed by atoms with Crippen molar-refractivity contribution in [1.82, 2.24) is 0 Å². The molecule has 0 radical (unpaired) electrons. The lowest BCUT2D eigenvalue weighted by molar-refractivity contribution is 0.164. The zero-order chi connectivity index (χ0) is 15.7. The number of urea groups is 1. The van der Waals surface area contributed by atoms with Crippen LogP contribution < -0.4 is 10.2 Å². The van der Waals surface area contributed by atoms with E-state index in [9.17, 15) is 9.90 Å². The Kier molecular flexibility index (Phi) is 4.05. The maximum Gasteiger partial charge on any atom is 0.326 e. The van der Waals surface area contributed by atoms with Gasteiger partial charge in [-0.3, -0.25) is 4.90 Å². The van der Waals surface area contributed by atoms with Crippen LogP contribution in [0, 0.1) is 6.92 Å². The molecule has 5 heteroatoms. The van der Waals surface area contributed by atoms with E-state index in [1.54, 1.807) is 29.2 Å². The molecule has 0 aromatic heterocycles. The zero-order valence-corrected chi connectivity index (χ0v) is 13.0. The fraction of sp³-hybridized carbons (Fsp3) is 0.235. The third-order valence-electron chi connectivity index (χ3n) is 3.78. The number of carbonyl (C=O) groups is 1.